The lowest BCUT2D eigenvalue weighted by Gasteiger charge is -2.25. The zero-order valence-electron chi connectivity index (χ0n) is 12.4. The second-order valence-corrected chi connectivity index (χ2v) is 5.44. The summed E-state index contributed by atoms with van der Waals surface area (Å²) in [7, 11) is 0. The van der Waals surface area contributed by atoms with Crippen LogP contribution in [0.1, 0.15) is 24.0 Å². The van der Waals surface area contributed by atoms with E-state index in [4.69, 9.17) is 4.74 Å². The maximum Gasteiger partial charge on any atom is 0.341 e. The molecular weight excluding hydrogens is 274 g/mol. The van der Waals surface area contributed by atoms with E-state index in [1.54, 1.807) is 13.0 Å². The van der Waals surface area contributed by atoms with Crippen molar-refractivity contribution in [2.24, 2.45) is 4.99 Å². The fraction of sp³-hybridized carbons (Fsp3) is 0.158. The van der Waals surface area contributed by atoms with E-state index in [9.17, 15) is 4.79 Å². The molecule has 0 N–H and O–H groups in total. The molecule has 1 heterocycles. The van der Waals surface area contributed by atoms with Gasteiger partial charge in [-0.25, -0.2) is 9.79 Å². The van der Waals surface area contributed by atoms with Crippen LogP contribution in [-0.4, -0.2) is 17.4 Å². The van der Waals surface area contributed by atoms with E-state index in [1.807, 2.05) is 60.7 Å². The zero-order chi connectivity index (χ0) is 15.6. The van der Waals surface area contributed by atoms with Gasteiger partial charge in [0.1, 0.15) is 0 Å². The summed E-state index contributed by atoms with van der Waals surface area (Å²) in [6.07, 6.45) is 1.76. The summed E-state index contributed by atoms with van der Waals surface area (Å²) >= 11 is 0. The van der Waals surface area contributed by atoms with Gasteiger partial charge in [-0.1, -0.05) is 54.6 Å². The van der Waals surface area contributed by atoms with Crippen molar-refractivity contribution in [1.82, 2.24) is 0 Å². The molecule has 0 amide bonds. The number of hydrogen-bond donors (Lipinski definition) is 0. The zero-order valence-corrected chi connectivity index (χ0v) is 12.4. The summed E-state index contributed by atoms with van der Waals surface area (Å²) in [5.74, 6) is -0.210. The normalized spacial score (nSPS) is 21.9. The highest BCUT2D eigenvalue weighted by atomic mass is 16.6. The van der Waals surface area contributed by atoms with Crippen LogP contribution in [-0.2, 0) is 9.53 Å². The highest BCUT2D eigenvalue weighted by molar-refractivity contribution is 6.08. The second kappa shape index (κ2) is 5.60. The number of hydrogen-bond acceptors (Lipinski definition) is 3. The van der Waals surface area contributed by atoms with Crippen LogP contribution in [0.15, 0.2) is 78.3 Å². The average molecular weight is 291 g/mol. The van der Waals surface area contributed by atoms with Gasteiger partial charge in [0, 0.05) is 11.5 Å². The van der Waals surface area contributed by atoms with Crippen molar-refractivity contribution in [3.8, 4) is 0 Å². The van der Waals surface area contributed by atoms with Crippen molar-refractivity contribution in [2.75, 3.05) is 0 Å². The lowest BCUT2D eigenvalue weighted by atomic mass is 9.81. The first-order valence-electron chi connectivity index (χ1n) is 7.20. The Bertz CT molecular complexity index is 722. The highest BCUT2D eigenvalue weighted by Gasteiger charge is 2.47. The highest BCUT2D eigenvalue weighted by Crippen LogP contribution is 2.37. The lowest BCUT2D eigenvalue weighted by Crippen LogP contribution is -2.36. The van der Waals surface area contributed by atoms with Crippen molar-refractivity contribution in [3.05, 3.63) is 84.4 Å². The van der Waals surface area contributed by atoms with Crippen LogP contribution in [0.3, 0.4) is 0 Å². The third-order valence-corrected chi connectivity index (χ3v) is 3.96. The second-order valence-electron chi connectivity index (χ2n) is 5.44. The molecule has 0 fully saturated rings. The molecule has 0 saturated carbocycles. The van der Waals surface area contributed by atoms with E-state index < -0.39 is 5.54 Å². The number of benzene rings is 2. The molecule has 110 valence electrons. The van der Waals surface area contributed by atoms with Gasteiger partial charge in [-0.15, -0.1) is 6.58 Å². The number of esters is 1. The molecule has 0 radical (unpaired) electrons. The number of aliphatic imine (C=N–C) groups is 1. The van der Waals surface area contributed by atoms with Crippen molar-refractivity contribution < 1.29 is 9.53 Å². The Morgan fingerprint density at radius 2 is 1.68 bits per heavy atom. The van der Waals surface area contributed by atoms with Crippen LogP contribution in [0.25, 0.3) is 0 Å². The van der Waals surface area contributed by atoms with Gasteiger partial charge in [0.05, 0.1) is 0 Å². The van der Waals surface area contributed by atoms with E-state index in [0.717, 1.165) is 11.1 Å². The monoisotopic (exact) mass is 291 g/mol. The average Bonchev–Trinajstić information content (AvgIpc) is 2.86. The Morgan fingerprint density at radius 1 is 1.09 bits per heavy atom. The molecule has 2 aromatic carbocycles. The molecule has 3 heteroatoms. The first kappa shape index (κ1) is 14.3. The van der Waals surface area contributed by atoms with Crippen LogP contribution >= 0.6 is 0 Å². The number of ether oxygens (including phenoxy) is 1. The maximum atomic E-state index is 12.5. The molecule has 1 aliphatic rings. The molecule has 1 aliphatic heterocycles. The Morgan fingerprint density at radius 3 is 2.27 bits per heavy atom. The predicted octanol–water partition coefficient (Wildman–Crippen LogP) is 3.72. The van der Waals surface area contributed by atoms with Crippen molar-refractivity contribution in [2.45, 2.75) is 18.4 Å². The summed E-state index contributed by atoms with van der Waals surface area (Å²) < 4.78 is 5.43. The number of nitrogens with zero attached hydrogens (tertiary/aromatic N) is 1. The Balaban J connectivity index is 2.02. The van der Waals surface area contributed by atoms with Gasteiger partial charge in [0.15, 0.2) is 5.54 Å². The molecule has 1 unspecified atom stereocenters. The van der Waals surface area contributed by atoms with Crippen LogP contribution in [0.4, 0.5) is 0 Å². The number of carbonyl (C=O) groups is 1. The molecule has 0 aliphatic carbocycles. The fourth-order valence-electron chi connectivity index (χ4n) is 2.72. The first-order valence-corrected chi connectivity index (χ1v) is 7.20. The van der Waals surface area contributed by atoms with Crippen molar-refractivity contribution >= 4 is 11.9 Å². The smallest absolute Gasteiger partial charge is 0.341 e. The van der Waals surface area contributed by atoms with Gasteiger partial charge in [0.25, 0.3) is 0 Å². The molecule has 0 bridgehead atoms. The molecule has 0 aromatic heterocycles. The van der Waals surface area contributed by atoms with E-state index in [1.165, 1.54) is 0 Å². The van der Waals surface area contributed by atoms with Crippen molar-refractivity contribution in [1.29, 1.82) is 0 Å². The minimum atomic E-state index is -0.992. The third kappa shape index (κ3) is 2.35. The van der Waals surface area contributed by atoms with Gasteiger partial charge in [-0.2, -0.15) is 0 Å². The van der Waals surface area contributed by atoms with E-state index >= 15 is 0 Å². The van der Waals surface area contributed by atoms with Crippen molar-refractivity contribution in [3.63, 3.8) is 0 Å². The molecule has 2 aromatic rings. The van der Waals surface area contributed by atoms with Gasteiger partial charge in [-0.3, -0.25) is 0 Å². The van der Waals surface area contributed by atoms with Crippen LogP contribution in [0.5, 0.6) is 0 Å². The quantitative estimate of drug-likeness (QED) is 0.636. The van der Waals surface area contributed by atoms with Crippen LogP contribution in [0.2, 0.25) is 0 Å². The third-order valence-electron chi connectivity index (χ3n) is 3.96. The summed E-state index contributed by atoms with van der Waals surface area (Å²) in [6, 6.07) is 19.2. The largest absolute Gasteiger partial charge is 0.405 e. The maximum absolute atomic E-state index is 12.5. The molecular formula is C19H17NO2. The predicted molar refractivity (Wildman–Crippen MR) is 86.9 cm³/mol. The van der Waals surface area contributed by atoms with E-state index in [2.05, 4.69) is 11.6 Å². The SMILES string of the molecule is C=CC(c1ccccc1)[C@]1(C)N=C(c2ccccc2)OC1=O. The van der Waals surface area contributed by atoms with E-state index in [0.29, 0.717) is 5.90 Å². The molecule has 0 saturated heterocycles. The molecule has 3 nitrogen and oxygen atoms in total. The standard InChI is InChI=1S/C19H17NO2/c1-3-16(14-10-6-4-7-11-14)19(2)18(21)22-17(20-19)15-12-8-5-9-13-15/h3-13,16H,1H2,2H3/t16?,19-/m0/s1. The summed E-state index contributed by atoms with van der Waals surface area (Å²) in [4.78, 5) is 17.1. The molecule has 22 heavy (non-hydrogen) atoms. The Kier molecular flexibility index (Phi) is 3.63. The Hall–Kier alpha value is -2.68. The lowest BCUT2D eigenvalue weighted by molar-refractivity contribution is -0.138. The van der Waals surface area contributed by atoms with Gasteiger partial charge in [0.2, 0.25) is 5.90 Å². The van der Waals surface area contributed by atoms with Gasteiger partial charge >= 0.3 is 5.97 Å². The minimum absolute atomic E-state index is 0.234. The van der Waals surface area contributed by atoms with Crippen LogP contribution in [0, 0.1) is 0 Å². The summed E-state index contributed by atoms with van der Waals surface area (Å²) in [6.45, 7) is 5.68. The van der Waals surface area contributed by atoms with E-state index in [-0.39, 0.29) is 11.9 Å². The number of cyclic esters (lactones) is 1. The summed E-state index contributed by atoms with van der Waals surface area (Å²) in [5.41, 5.74) is 0.805. The topological polar surface area (TPSA) is 38.7 Å². The Labute approximate surface area is 130 Å². The summed E-state index contributed by atoms with van der Waals surface area (Å²) in [5, 5.41) is 0. The molecule has 0 spiro atoms. The molecule has 3 rings (SSSR count). The van der Waals surface area contributed by atoms with Gasteiger partial charge in [-0.05, 0) is 24.6 Å². The van der Waals surface area contributed by atoms with Gasteiger partial charge < -0.3 is 4.74 Å². The number of carbonyl (C=O) groups excluding carboxylic acids is 1. The first-order chi connectivity index (χ1) is 10.6. The minimum Gasteiger partial charge on any atom is -0.405 e. The molecule has 2 atom stereocenters. The number of rotatable bonds is 4. The van der Waals surface area contributed by atoms with Crippen LogP contribution < -0.4 is 0 Å². The fourth-order valence-corrected chi connectivity index (χ4v) is 2.72.